The number of unbranched alkanes of at least 4 members (excludes halogenated alkanes) is 23. The van der Waals surface area contributed by atoms with Crippen molar-refractivity contribution >= 4 is 5.91 Å². The van der Waals surface area contributed by atoms with Crippen molar-refractivity contribution in [1.82, 2.24) is 5.32 Å². The number of nitrogens with one attached hydrogen (secondary N) is 1. The normalized spacial score (nSPS) is 21.4. The fourth-order valence-electron chi connectivity index (χ4n) is 8.00. The summed E-state index contributed by atoms with van der Waals surface area (Å²) in [7, 11) is 0. The van der Waals surface area contributed by atoms with E-state index in [0.29, 0.717) is 19.3 Å². The number of aliphatic hydroxyl groups is 7. The van der Waals surface area contributed by atoms with Crippen LogP contribution in [0.15, 0.2) is 48.6 Å². The lowest BCUT2D eigenvalue weighted by Gasteiger charge is -2.40. The molecule has 1 amide bonds. The van der Waals surface area contributed by atoms with Crippen molar-refractivity contribution < 1.29 is 50.0 Å². The molecule has 0 radical (unpaired) electrons. The van der Waals surface area contributed by atoms with Crippen molar-refractivity contribution in [3.8, 4) is 0 Å². The Morgan fingerprint density at radius 2 is 0.938 bits per heavy atom. The van der Waals surface area contributed by atoms with Gasteiger partial charge in [0.05, 0.1) is 25.4 Å². The van der Waals surface area contributed by atoms with Crippen LogP contribution >= 0.6 is 0 Å². The highest BCUT2D eigenvalue weighted by molar-refractivity contribution is 5.80. The quantitative estimate of drug-likeness (QED) is 0.0216. The molecule has 1 saturated heterocycles. The van der Waals surface area contributed by atoms with Crippen molar-refractivity contribution in [2.75, 3.05) is 13.2 Å². The Bertz CT molecular complexity index is 1180. The SMILES string of the molecule is CCCCCCCC/C=C/CC/C=C/CC/C=C/CCCC(O)C(O)C(COC1OC(CO)C(O)C(O)C1O)NC(=O)C(O)CCCCCCCC/C=C\CCCCCCCCCC. The number of ether oxygens (including phenoxy) is 2. The summed E-state index contributed by atoms with van der Waals surface area (Å²) in [5, 5.41) is 75.9. The van der Waals surface area contributed by atoms with E-state index in [4.69, 9.17) is 9.47 Å². The summed E-state index contributed by atoms with van der Waals surface area (Å²) in [5.41, 5.74) is 0. The Hall–Kier alpha value is -1.93. The molecule has 0 aliphatic carbocycles. The van der Waals surface area contributed by atoms with Crippen LogP contribution in [-0.2, 0) is 14.3 Å². The molecule has 0 bridgehead atoms. The fraction of sp³-hybridized carbons (Fsp3) is 0.830. The average molecular weight is 908 g/mol. The van der Waals surface area contributed by atoms with Gasteiger partial charge in [0.2, 0.25) is 5.91 Å². The zero-order chi connectivity index (χ0) is 46.9. The van der Waals surface area contributed by atoms with Gasteiger partial charge in [-0.05, 0) is 89.9 Å². The maximum atomic E-state index is 13.1. The molecule has 0 aromatic rings. The van der Waals surface area contributed by atoms with Gasteiger partial charge in [-0.2, -0.15) is 0 Å². The summed E-state index contributed by atoms with van der Waals surface area (Å²) in [5.74, 6) is -0.718. The van der Waals surface area contributed by atoms with Crippen LogP contribution in [0.4, 0.5) is 0 Å². The van der Waals surface area contributed by atoms with Gasteiger partial charge in [0.15, 0.2) is 6.29 Å². The first-order valence-electron chi connectivity index (χ1n) is 26.0. The number of rotatable bonds is 43. The van der Waals surface area contributed by atoms with Gasteiger partial charge >= 0.3 is 0 Å². The minimum atomic E-state index is -1.67. The summed E-state index contributed by atoms with van der Waals surface area (Å²) >= 11 is 0. The van der Waals surface area contributed by atoms with Gasteiger partial charge in [0.1, 0.15) is 36.6 Å². The van der Waals surface area contributed by atoms with E-state index < -0.39 is 74.2 Å². The Kier molecular flexibility index (Phi) is 39.8. The van der Waals surface area contributed by atoms with E-state index in [1.54, 1.807) is 0 Å². The van der Waals surface area contributed by atoms with Crippen LogP contribution in [0.1, 0.15) is 213 Å². The van der Waals surface area contributed by atoms with E-state index >= 15 is 0 Å². The highest BCUT2D eigenvalue weighted by Gasteiger charge is 2.44. The molecular formula is C53H97NO10. The van der Waals surface area contributed by atoms with E-state index in [1.807, 2.05) is 0 Å². The third-order valence-corrected chi connectivity index (χ3v) is 12.3. The number of carbonyl (C=O) groups is 1. The maximum Gasteiger partial charge on any atom is 0.249 e. The highest BCUT2D eigenvalue weighted by atomic mass is 16.7. The molecule has 8 N–H and O–H groups in total. The first-order valence-corrected chi connectivity index (χ1v) is 26.0. The van der Waals surface area contributed by atoms with Crippen LogP contribution < -0.4 is 5.32 Å². The van der Waals surface area contributed by atoms with Gasteiger partial charge in [-0.25, -0.2) is 0 Å². The second-order valence-electron chi connectivity index (χ2n) is 18.2. The Balaban J connectivity index is 2.44. The molecule has 0 aromatic carbocycles. The monoisotopic (exact) mass is 908 g/mol. The minimum Gasteiger partial charge on any atom is -0.394 e. The first kappa shape index (κ1) is 60.1. The summed E-state index contributed by atoms with van der Waals surface area (Å²) < 4.78 is 11.1. The van der Waals surface area contributed by atoms with E-state index in [0.717, 1.165) is 64.2 Å². The van der Waals surface area contributed by atoms with Crippen LogP contribution in [-0.4, -0.2) is 110 Å². The van der Waals surface area contributed by atoms with Crippen molar-refractivity contribution in [3.63, 3.8) is 0 Å². The fourth-order valence-corrected chi connectivity index (χ4v) is 8.00. The van der Waals surface area contributed by atoms with E-state index in [-0.39, 0.29) is 12.8 Å². The van der Waals surface area contributed by atoms with Crippen LogP contribution in [0.2, 0.25) is 0 Å². The lowest BCUT2D eigenvalue weighted by Crippen LogP contribution is -2.60. The molecule has 11 heteroatoms. The topological polar surface area (TPSA) is 189 Å². The Labute approximate surface area is 389 Å². The summed E-state index contributed by atoms with van der Waals surface area (Å²) in [6.07, 6.45) is 40.1. The number of aliphatic hydroxyl groups excluding tert-OH is 7. The number of carbonyl (C=O) groups excluding carboxylic acids is 1. The van der Waals surface area contributed by atoms with Gasteiger partial charge in [-0.1, -0.05) is 172 Å². The Morgan fingerprint density at radius 1 is 0.531 bits per heavy atom. The smallest absolute Gasteiger partial charge is 0.249 e. The van der Waals surface area contributed by atoms with Crippen molar-refractivity contribution in [2.45, 2.75) is 268 Å². The summed E-state index contributed by atoms with van der Waals surface area (Å²) in [6, 6.07) is -1.20. The van der Waals surface area contributed by atoms with Crippen molar-refractivity contribution in [2.24, 2.45) is 0 Å². The van der Waals surface area contributed by atoms with Gasteiger partial charge < -0.3 is 50.5 Å². The lowest BCUT2D eigenvalue weighted by atomic mass is 9.98. The van der Waals surface area contributed by atoms with E-state index in [9.17, 15) is 40.5 Å². The van der Waals surface area contributed by atoms with Gasteiger partial charge in [-0.3, -0.25) is 4.79 Å². The molecule has 1 heterocycles. The molecule has 0 saturated carbocycles. The van der Waals surface area contributed by atoms with Crippen LogP contribution in [0.5, 0.6) is 0 Å². The standard InChI is InChI=1S/C53H97NO10/c1-3-5-7-9-11-13-15-17-19-21-23-25-26-28-30-32-34-36-38-40-45(56)48(58)44(43-63-53-51(61)50(60)49(59)47(42-55)64-53)54-52(62)46(57)41-39-37-35-33-31-29-27-24-22-20-18-16-14-12-10-8-6-4-2/h17,19,22,24-26,32,34,44-51,53,55-61H,3-16,18,20-21,23,27-31,33,35-43H2,1-2H3,(H,54,62)/b19-17+,24-22-,26-25+,34-32+. The zero-order valence-electron chi connectivity index (χ0n) is 40.5. The number of hydrogen-bond acceptors (Lipinski definition) is 10. The average Bonchev–Trinajstić information content (AvgIpc) is 3.29. The first-order chi connectivity index (χ1) is 31.2. The van der Waals surface area contributed by atoms with Gasteiger partial charge in [0.25, 0.3) is 0 Å². The molecule has 64 heavy (non-hydrogen) atoms. The van der Waals surface area contributed by atoms with Crippen LogP contribution in [0.25, 0.3) is 0 Å². The summed E-state index contributed by atoms with van der Waals surface area (Å²) in [4.78, 5) is 13.1. The Morgan fingerprint density at radius 3 is 1.39 bits per heavy atom. The van der Waals surface area contributed by atoms with Gasteiger partial charge in [-0.15, -0.1) is 0 Å². The molecule has 1 rings (SSSR count). The minimum absolute atomic E-state index is 0.238. The predicted molar refractivity (Wildman–Crippen MR) is 261 cm³/mol. The van der Waals surface area contributed by atoms with Crippen LogP contribution in [0.3, 0.4) is 0 Å². The van der Waals surface area contributed by atoms with E-state index in [1.165, 1.54) is 103 Å². The van der Waals surface area contributed by atoms with Crippen molar-refractivity contribution in [3.05, 3.63) is 48.6 Å². The molecule has 0 spiro atoms. The summed E-state index contributed by atoms with van der Waals surface area (Å²) in [6.45, 7) is 3.41. The van der Waals surface area contributed by atoms with Gasteiger partial charge in [0, 0.05) is 0 Å². The second-order valence-corrected chi connectivity index (χ2v) is 18.2. The highest BCUT2D eigenvalue weighted by Crippen LogP contribution is 2.23. The molecule has 9 atom stereocenters. The molecule has 1 fully saturated rings. The van der Waals surface area contributed by atoms with E-state index in [2.05, 4.69) is 67.8 Å². The lowest BCUT2D eigenvalue weighted by molar-refractivity contribution is -0.303. The largest absolute Gasteiger partial charge is 0.394 e. The molecule has 1 aliphatic rings. The molecule has 374 valence electrons. The molecule has 1 aliphatic heterocycles. The maximum absolute atomic E-state index is 13.1. The zero-order valence-corrected chi connectivity index (χ0v) is 40.5. The molecule has 0 aromatic heterocycles. The second kappa shape index (κ2) is 42.4. The molecular weight excluding hydrogens is 811 g/mol. The number of hydrogen-bond donors (Lipinski definition) is 8. The predicted octanol–water partition coefficient (Wildman–Crippen LogP) is 9.73. The van der Waals surface area contributed by atoms with Crippen molar-refractivity contribution in [1.29, 1.82) is 0 Å². The third kappa shape index (κ3) is 31.1. The third-order valence-electron chi connectivity index (χ3n) is 12.3. The van der Waals surface area contributed by atoms with Crippen LogP contribution in [0, 0.1) is 0 Å². The number of allylic oxidation sites excluding steroid dienone is 8. The number of amides is 1. The molecule has 9 unspecified atom stereocenters. The molecule has 11 nitrogen and oxygen atoms in total.